The molecule has 0 aliphatic heterocycles. The van der Waals surface area contributed by atoms with Crippen molar-refractivity contribution in [3.05, 3.63) is 111 Å². The van der Waals surface area contributed by atoms with Crippen molar-refractivity contribution in [1.82, 2.24) is 4.57 Å². The Hall–Kier alpha value is -3.83. The monoisotopic (exact) mass is 643 g/mol. The van der Waals surface area contributed by atoms with E-state index in [9.17, 15) is 9.59 Å². The van der Waals surface area contributed by atoms with Gasteiger partial charge in [-0.15, -0.1) is 0 Å². The normalized spacial score (nSPS) is 12.4. The van der Waals surface area contributed by atoms with Crippen LogP contribution in [0.1, 0.15) is 102 Å². The molecule has 0 aliphatic carbocycles. The number of rotatable bonds is 16. The Balaban J connectivity index is 1.59. The first-order valence-electron chi connectivity index (χ1n) is 16.3. The molecule has 2 aromatic carbocycles. The maximum absolute atomic E-state index is 13.6. The van der Waals surface area contributed by atoms with E-state index in [0.29, 0.717) is 34.2 Å². The number of carbonyl (C=O) groups is 2. The molecular weight excluding hydrogens is 594 g/mol. The number of allylic oxidation sites excluding steroid dienone is 7. The van der Waals surface area contributed by atoms with Crippen LogP contribution in [0, 0.1) is 6.92 Å². The molecule has 0 aliphatic rings. The maximum atomic E-state index is 13.6. The highest BCUT2D eigenvalue weighted by molar-refractivity contribution is 6.31. The summed E-state index contributed by atoms with van der Waals surface area (Å²) < 4.78 is 13.0. The fourth-order valence-electron chi connectivity index (χ4n) is 5.41. The van der Waals surface area contributed by atoms with Crippen LogP contribution < -0.4 is 4.74 Å². The SMILES string of the molecule is CCOc1ccc2c(c1)c(CC(=O)OCC=C(C)CCC=C(C)CCC=C(C)CCC=C(C)C)c(C)n2C(=O)c1cccc(Cl)c1. The van der Waals surface area contributed by atoms with Crippen molar-refractivity contribution in [1.29, 1.82) is 0 Å². The van der Waals surface area contributed by atoms with E-state index in [-0.39, 0.29) is 24.9 Å². The molecule has 1 aromatic heterocycles. The minimum absolute atomic E-state index is 0.0470. The molecule has 0 saturated carbocycles. The summed E-state index contributed by atoms with van der Waals surface area (Å²) in [7, 11) is 0. The van der Waals surface area contributed by atoms with Gasteiger partial charge in [0.1, 0.15) is 12.4 Å². The van der Waals surface area contributed by atoms with Gasteiger partial charge in [-0.3, -0.25) is 14.2 Å². The highest BCUT2D eigenvalue weighted by atomic mass is 35.5. The maximum Gasteiger partial charge on any atom is 0.310 e. The number of esters is 1. The van der Waals surface area contributed by atoms with Gasteiger partial charge in [0, 0.05) is 21.7 Å². The highest BCUT2D eigenvalue weighted by Gasteiger charge is 2.22. The largest absolute Gasteiger partial charge is 0.494 e. The van der Waals surface area contributed by atoms with Crippen LogP contribution in [0.15, 0.2) is 89.1 Å². The molecule has 0 spiro atoms. The zero-order valence-electron chi connectivity index (χ0n) is 28.7. The average molecular weight is 644 g/mol. The molecule has 0 radical (unpaired) electrons. The van der Waals surface area contributed by atoms with Gasteiger partial charge in [0.15, 0.2) is 0 Å². The topological polar surface area (TPSA) is 57.5 Å². The number of aromatic nitrogens is 1. The molecule has 1 heterocycles. The zero-order chi connectivity index (χ0) is 33.6. The third-order valence-corrected chi connectivity index (χ3v) is 8.28. The van der Waals surface area contributed by atoms with Crippen molar-refractivity contribution in [2.24, 2.45) is 0 Å². The lowest BCUT2D eigenvalue weighted by Crippen LogP contribution is -2.14. The van der Waals surface area contributed by atoms with Gasteiger partial charge in [0.05, 0.1) is 18.5 Å². The number of fused-ring (bicyclic) bond motifs is 1. The van der Waals surface area contributed by atoms with Gasteiger partial charge in [-0.05, 0) is 135 Å². The molecule has 0 saturated heterocycles. The van der Waals surface area contributed by atoms with Crippen molar-refractivity contribution in [3.63, 3.8) is 0 Å². The summed E-state index contributed by atoms with van der Waals surface area (Å²) in [5.41, 5.74) is 8.05. The van der Waals surface area contributed by atoms with Crippen molar-refractivity contribution in [3.8, 4) is 5.75 Å². The van der Waals surface area contributed by atoms with Gasteiger partial charge >= 0.3 is 5.97 Å². The number of halogens is 1. The molecular formula is C40H50ClNO4. The summed E-state index contributed by atoms with van der Waals surface area (Å²) in [6.07, 6.45) is 15.3. The predicted molar refractivity (Wildman–Crippen MR) is 192 cm³/mol. The fourth-order valence-corrected chi connectivity index (χ4v) is 5.60. The smallest absolute Gasteiger partial charge is 0.310 e. The van der Waals surface area contributed by atoms with Crippen LogP contribution in [0.25, 0.3) is 10.9 Å². The lowest BCUT2D eigenvalue weighted by molar-refractivity contribution is -0.141. The van der Waals surface area contributed by atoms with E-state index in [1.54, 1.807) is 28.8 Å². The molecule has 0 bridgehead atoms. The van der Waals surface area contributed by atoms with E-state index in [4.69, 9.17) is 21.1 Å². The van der Waals surface area contributed by atoms with Crippen molar-refractivity contribution >= 4 is 34.4 Å². The number of hydrogen-bond acceptors (Lipinski definition) is 4. The van der Waals surface area contributed by atoms with E-state index in [2.05, 4.69) is 52.8 Å². The quantitative estimate of drug-likeness (QED) is 0.115. The summed E-state index contributed by atoms with van der Waals surface area (Å²) in [6, 6.07) is 12.5. The third kappa shape index (κ3) is 11.2. The lowest BCUT2D eigenvalue weighted by Gasteiger charge is -2.08. The van der Waals surface area contributed by atoms with Gasteiger partial charge in [-0.25, -0.2) is 0 Å². The van der Waals surface area contributed by atoms with E-state index in [1.807, 2.05) is 38.1 Å². The molecule has 6 heteroatoms. The number of ether oxygens (including phenoxy) is 2. The van der Waals surface area contributed by atoms with Crippen LogP contribution in [0.3, 0.4) is 0 Å². The first-order chi connectivity index (χ1) is 22.0. The molecule has 0 amide bonds. The number of hydrogen-bond donors (Lipinski definition) is 0. The Labute approximate surface area is 280 Å². The van der Waals surface area contributed by atoms with Gasteiger partial charge in [0.2, 0.25) is 0 Å². The average Bonchev–Trinajstić information content (AvgIpc) is 3.26. The van der Waals surface area contributed by atoms with E-state index < -0.39 is 0 Å². The van der Waals surface area contributed by atoms with Gasteiger partial charge < -0.3 is 9.47 Å². The summed E-state index contributed by atoms with van der Waals surface area (Å²) in [6.45, 7) is 15.3. The van der Waals surface area contributed by atoms with Gasteiger partial charge in [0.25, 0.3) is 5.91 Å². The molecule has 3 rings (SSSR count). The summed E-state index contributed by atoms with van der Waals surface area (Å²) in [5.74, 6) is 0.128. The Morgan fingerprint density at radius 3 is 2.07 bits per heavy atom. The molecule has 46 heavy (non-hydrogen) atoms. The third-order valence-electron chi connectivity index (χ3n) is 8.04. The summed E-state index contributed by atoms with van der Waals surface area (Å²) in [5, 5.41) is 1.28. The molecule has 0 N–H and O–H groups in total. The van der Waals surface area contributed by atoms with Crippen LogP contribution in [-0.4, -0.2) is 29.7 Å². The Morgan fingerprint density at radius 1 is 0.826 bits per heavy atom. The summed E-state index contributed by atoms with van der Waals surface area (Å²) in [4.78, 5) is 26.6. The first-order valence-corrected chi connectivity index (χ1v) is 16.7. The highest BCUT2D eigenvalue weighted by Crippen LogP contribution is 2.31. The van der Waals surface area contributed by atoms with Crippen LogP contribution >= 0.6 is 11.6 Å². The molecule has 0 fully saturated rings. The van der Waals surface area contributed by atoms with Crippen LogP contribution in [0.2, 0.25) is 5.02 Å². The van der Waals surface area contributed by atoms with Crippen molar-refractivity contribution < 1.29 is 19.1 Å². The zero-order valence-corrected chi connectivity index (χ0v) is 29.4. The fraction of sp³-hybridized carbons (Fsp3) is 0.400. The lowest BCUT2D eigenvalue weighted by atomic mass is 10.0. The first kappa shape index (κ1) is 36.6. The molecule has 0 unspecified atom stereocenters. The molecule has 5 nitrogen and oxygen atoms in total. The predicted octanol–water partition coefficient (Wildman–Crippen LogP) is 10.9. The number of carbonyl (C=O) groups excluding carboxylic acids is 2. The standard InChI is InChI=1S/C40H50ClNO4/c1-8-45-35-21-22-38-37(26-35)36(32(7)42(38)40(44)33-19-12-20-34(41)25-33)27-39(43)46-24-23-31(6)18-11-17-30(5)16-10-15-29(4)14-9-13-28(2)3/h12-13,15,17,19-23,25-26H,8-11,14,16,18,24,27H2,1-7H3. The Morgan fingerprint density at radius 2 is 1.46 bits per heavy atom. The van der Waals surface area contributed by atoms with E-state index >= 15 is 0 Å². The van der Waals surface area contributed by atoms with Crippen LogP contribution in [-0.2, 0) is 16.0 Å². The minimum atomic E-state index is -0.344. The second-order valence-corrected chi connectivity index (χ2v) is 12.7. The number of nitrogens with zero attached hydrogens (tertiary/aromatic N) is 1. The second kappa shape index (κ2) is 18.3. The van der Waals surface area contributed by atoms with E-state index in [1.165, 1.54) is 22.3 Å². The number of benzene rings is 2. The van der Waals surface area contributed by atoms with Crippen molar-refractivity contribution in [2.75, 3.05) is 13.2 Å². The molecule has 246 valence electrons. The molecule has 0 atom stereocenters. The Bertz CT molecular complexity index is 1630. The van der Waals surface area contributed by atoms with Crippen LogP contribution in [0.4, 0.5) is 0 Å². The summed E-state index contributed by atoms with van der Waals surface area (Å²) >= 11 is 6.17. The molecule has 3 aromatic rings. The van der Waals surface area contributed by atoms with Gasteiger partial charge in [-0.1, -0.05) is 58.2 Å². The second-order valence-electron chi connectivity index (χ2n) is 12.2. The van der Waals surface area contributed by atoms with Crippen molar-refractivity contribution in [2.45, 2.75) is 93.4 Å². The van der Waals surface area contributed by atoms with Gasteiger partial charge in [-0.2, -0.15) is 0 Å². The van der Waals surface area contributed by atoms with E-state index in [0.717, 1.165) is 49.5 Å². The minimum Gasteiger partial charge on any atom is -0.494 e. The Kier molecular flexibility index (Phi) is 14.6. The van der Waals surface area contributed by atoms with Crippen LogP contribution in [0.5, 0.6) is 5.75 Å².